The van der Waals surface area contributed by atoms with Gasteiger partial charge in [0.15, 0.2) is 6.29 Å². The van der Waals surface area contributed by atoms with Gasteiger partial charge in [0.25, 0.3) is 0 Å². The van der Waals surface area contributed by atoms with E-state index < -0.39 is 12.2 Å². The Bertz CT molecular complexity index is 1240. The first kappa shape index (κ1) is 33.8. The molecule has 0 aromatic heterocycles. The maximum absolute atomic E-state index is 13.8. The van der Waals surface area contributed by atoms with Gasteiger partial charge in [0, 0.05) is 63.7 Å². The van der Waals surface area contributed by atoms with Crippen LogP contribution >= 0.6 is 0 Å². The van der Waals surface area contributed by atoms with E-state index in [2.05, 4.69) is 35.2 Å². The topological polar surface area (TPSA) is 71.5 Å². The molecule has 3 aliphatic rings. The Balaban J connectivity index is 1.16. The molecule has 0 bridgehead atoms. The molecule has 2 aliphatic carbocycles. The van der Waals surface area contributed by atoms with Crippen molar-refractivity contribution in [2.75, 3.05) is 53.6 Å². The summed E-state index contributed by atoms with van der Waals surface area (Å²) in [4.78, 5) is 17.6. The number of methoxy groups -OCH3 is 2. The molecular formula is C36H50F2N2O5. The lowest BCUT2D eigenvalue weighted by molar-refractivity contribution is -0.153. The number of phenolic OH excluding ortho intramolecular Hbond substituents is 1. The minimum atomic E-state index is -2.62. The summed E-state index contributed by atoms with van der Waals surface area (Å²) in [6, 6.07) is 16.1. The van der Waals surface area contributed by atoms with E-state index in [-0.39, 0.29) is 55.7 Å². The molecule has 5 rings (SSSR count). The maximum atomic E-state index is 13.8. The Hall–Kier alpha value is -2.59. The highest BCUT2D eigenvalue weighted by molar-refractivity contribution is 5.76. The second-order valence-corrected chi connectivity index (χ2v) is 13.4. The van der Waals surface area contributed by atoms with Crippen molar-refractivity contribution in [1.82, 2.24) is 9.80 Å². The van der Waals surface area contributed by atoms with Crippen LogP contribution in [0.2, 0.25) is 0 Å². The summed E-state index contributed by atoms with van der Waals surface area (Å²) in [6.45, 7) is 5.79. The molecule has 1 heterocycles. The quantitative estimate of drug-likeness (QED) is 0.181. The van der Waals surface area contributed by atoms with Gasteiger partial charge >= 0.3 is 0 Å². The molecule has 2 saturated carbocycles. The van der Waals surface area contributed by atoms with Gasteiger partial charge in [-0.05, 0) is 68.1 Å². The van der Waals surface area contributed by atoms with Gasteiger partial charge in [-0.25, -0.2) is 8.78 Å². The highest BCUT2D eigenvalue weighted by Gasteiger charge is 2.48. The molecule has 1 unspecified atom stereocenters. The Kier molecular flexibility index (Phi) is 11.2. The van der Waals surface area contributed by atoms with Crippen LogP contribution in [0.15, 0.2) is 48.5 Å². The van der Waals surface area contributed by atoms with Crippen LogP contribution in [0.4, 0.5) is 8.78 Å². The molecule has 45 heavy (non-hydrogen) atoms. The number of hydrogen-bond acceptors (Lipinski definition) is 6. The van der Waals surface area contributed by atoms with Crippen molar-refractivity contribution in [1.29, 1.82) is 0 Å². The van der Waals surface area contributed by atoms with E-state index >= 15 is 0 Å². The zero-order valence-corrected chi connectivity index (χ0v) is 27.1. The number of rotatable bonds is 16. The summed E-state index contributed by atoms with van der Waals surface area (Å²) < 4.78 is 44.2. The highest BCUT2D eigenvalue weighted by Crippen LogP contribution is 2.46. The van der Waals surface area contributed by atoms with Gasteiger partial charge in [-0.1, -0.05) is 42.5 Å². The number of nitrogens with zero attached hydrogens (tertiary/aromatic N) is 2. The molecule has 1 amide bonds. The molecule has 1 aliphatic heterocycles. The van der Waals surface area contributed by atoms with E-state index in [4.69, 9.17) is 14.2 Å². The van der Waals surface area contributed by atoms with Gasteiger partial charge in [-0.2, -0.15) is 0 Å². The molecule has 0 spiro atoms. The first-order chi connectivity index (χ1) is 21.6. The standard InChI is InChI=1S/C36H50F2N2O5/c1-26(29-13-17-36(37,38)18-14-29)40(23-34(43-2)44-3)33(42)16-20-45-19-15-27-11-12-32(41)31(21-27)35(30-7-5-4-6-8-30)24-39(25-35)22-28-9-10-28/h4-8,11-12,21,26,28-29,34,41H,9-10,13-20,22-25H2,1-3H3. The maximum Gasteiger partial charge on any atom is 0.248 e. The van der Waals surface area contributed by atoms with Crippen molar-refractivity contribution in [2.45, 2.75) is 82.0 Å². The fraction of sp³-hybridized carbons (Fsp3) is 0.639. The lowest BCUT2D eigenvalue weighted by atomic mass is 9.68. The summed E-state index contributed by atoms with van der Waals surface area (Å²) >= 11 is 0. The van der Waals surface area contributed by atoms with Crippen molar-refractivity contribution in [2.24, 2.45) is 11.8 Å². The Morgan fingerprint density at radius 3 is 2.36 bits per heavy atom. The molecule has 248 valence electrons. The second kappa shape index (κ2) is 14.9. The summed E-state index contributed by atoms with van der Waals surface area (Å²) in [5.74, 6) is -1.57. The molecular weight excluding hydrogens is 578 g/mol. The number of hydrogen-bond donors (Lipinski definition) is 1. The molecule has 2 aromatic carbocycles. The predicted molar refractivity (Wildman–Crippen MR) is 170 cm³/mol. The van der Waals surface area contributed by atoms with Crippen molar-refractivity contribution in [3.05, 3.63) is 65.2 Å². The molecule has 2 aromatic rings. The lowest BCUT2D eigenvalue weighted by Gasteiger charge is -2.51. The lowest BCUT2D eigenvalue weighted by Crippen LogP contribution is -2.60. The fourth-order valence-corrected chi connectivity index (χ4v) is 7.20. The first-order valence-electron chi connectivity index (χ1n) is 16.5. The number of aromatic hydroxyl groups is 1. The zero-order chi connectivity index (χ0) is 32.0. The third-order valence-corrected chi connectivity index (χ3v) is 10.2. The third kappa shape index (κ3) is 8.42. The molecule has 7 nitrogen and oxygen atoms in total. The van der Waals surface area contributed by atoms with Crippen LogP contribution in [-0.2, 0) is 30.8 Å². The molecule has 1 saturated heterocycles. The first-order valence-corrected chi connectivity index (χ1v) is 16.5. The van der Waals surface area contributed by atoms with Crippen molar-refractivity contribution >= 4 is 5.91 Å². The van der Waals surface area contributed by atoms with Crippen LogP contribution in [0.3, 0.4) is 0 Å². The third-order valence-electron chi connectivity index (χ3n) is 10.2. The van der Waals surface area contributed by atoms with Gasteiger partial charge in [0.2, 0.25) is 11.8 Å². The van der Waals surface area contributed by atoms with Gasteiger partial charge < -0.3 is 29.1 Å². The average Bonchev–Trinajstić information content (AvgIpc) is 3.84. The van der Waals surface area contributed by atoms with Crippen LogP contribution < -0.4 is 0 Å². The normalized spacial score (nSPS) is 20.6. The van der Waals surface area contributed by atoms with E-state index in [1.807, 2.05) is 19.1 Å². The van der Waals surface area contributed by atoms with Crippen LogP contribution in [0, 0.1) is 11.8 Å². The van der Waals surface area contributed by atoms with E-state index in [1.165, 1.54) is 32.6 Å². The predicted octanol–water partition coefficient (Wildman–Crippen LogP) is 6.01. The van der Waals surface area contributed by atoms with E-state index in [9.17, 15) is 18.7 Å². The number of carbonyl (C=O) groups excluding carboxylic acids is 1. The summed E-state index contributed by atoms with van der Waals surface area (Å²) in [5.41, 5.74) is 3.03. The van der Waals surface area contributed by atoms with Gasteiger partial charge in [0.1, 0.15) is 5.75 Å². The molecule has 0 radical (unpaired) electrons. The molecule has 1 atom stereocenters. The van der Waals surface area contributed by atoms with Crippen LogP contribution in [-0.4, -0.2) is 92.7 Å². The fourth-order valence-electron chi connectivity index (χ4n) is 7.20. The van der Waals surface area contributed by atoms with E-state index in [0.717, 1.165) is 36.7 Å². The van der Waals surface area contributed by atoms with Crippen molar-refractivity contribution in [3.63, 3.8) is 0 Å². The van der Waals surface area contributed by atoms with Gasteiger partial charge in [-0.15, -0.1) is 0 Å². The molecule has 9 heteroatoms. The number of likely N-dealkylation sites (tertiary alicyclic amines) is 1. The number of halogens is 2. The smallest absolute Gasteiger partial charge is 0.248 e. The Labute approximate surface area is 266 Å². The van der Waals surface area contributed by atoms with Gasteiger partial charge in [0.05, 0.1) is 26.2 Å². The Morgan fingerprint density at radius 2 is 1.71 bits per heavy atom. The van der Waals surface area contributed by atoms with E-state index in [1.54, 1.807) is 11.0 Å². The molecule has 3 fully saturated rings. The summed E-state index contributed by atoms with van der Waals surface area (Å²) in [7, 11) is 3.05. The number of alkyl halides is 2. The zero-order valence-electron chi connectivity index (χ0n) is 27.1. The van der Waals surface area contributed by atoms with Crippen LogP contribution in [0.1, 0.15) is 68.6 Å². The molecule has 1 N–H and O–H groups in total. The summed E-state index contributed by atoms with van der Waals surface area (Å²) in [6.07, 6.45) is 3.37. The average molecular weight is 629 g/mol. The SMILES string of the molecule is COC(CN(C(=O)CCOCCc1ccc(O)c(C2(c3ccccc3)CN(CC3CC3)C2)c1)C(C)C1CCC(F)(F)CC1)OC. The number of amides is 1. The van der Waals surface area contributed by atoms with Crippen molar-refractivity contribution in [3.8, 4) is 5.75 Å². The highest BCUT2D eigenvalue weighted by atomic mass is 19.3. The number of ether oxygens (including phenoxy) is 3. The van der Waals surface area contributed by atoms with Gasteiger partial charge in [-0.3, -0.25) is 4.79 Å². The number of carbonyl (C=O) groups is 1. The Morgan fingerprint density at radius 1 is 1.02 bits per heavy atom. The number of benzene rings is 2. The monoisotopic (exact) mass is 628 g/mol. The second-order valence-electron chi connectivity index (χ2n) is 13.4. The minimum Gasteiger partial charge on any atom is -0.508 e. The van der Waals surface area contributed by atoms with Crippen LogP contribution in [0.25, 0.3) is 0 Å². The summed E-state index contributed by atoms with van der Waals surface area (Å²) in [5, 5.41) is 11.0. The minimum absolute atomic E-state index is 0.00295. The largest absolute Gasteiger partial charge is 0.508 e. The van der Waals surface area contributed by atoms with Crippen molar-refractivity contribution < 1.29 is 32.9 Å². The van der Waals surface area contributed by atoms with Crippen LogP contribution in [0.5, 0.6) is 5.75 Å². The van der Waals surface area contributed by atoms with E-state index in [0.29, 0.717) is 31.6 Å². The number of phenols is 1.